The van der Waals surface area contributed by atoms with E-state index in [0.29, 0.717) is 0 Å². The summed E-state index contributed by atoms with van der Waals surface area (Å²) in [4.78, 5) is 0. The van der Waals surface area contributed by atoms with Crippen molar-refractivity contribution in [2.24, 2.45) is 7.05 Å². The summed E-state index contributed by atoms with van der Waals surface area (Å²) < 4.78 is 7.92. The lowest BCUT2D eigenvalue weighted by molar-refractivity contribution is 0.466. The van der Waals surface area contributed by atoms with Crippen LogP contribution in [0.3, 0.4) is 0 Å². The van der Waals surface area contributed by atoms with Gasteiger partial charge in [-0.25, -0.2) is 0 Å². The molecule has 0 saturated carbocycles. The average Bonchev–Trinajstić information content (AvgIpc) is 2.59. The molecule has 0 unspecified atom stereocenters. The molecule has 19 heavy (non-hydrogen) atoms. The van der Waals surface area contributed by atoms with Gasteiger partial charge < -0.3 is 10.1 Å². The minimum atomic E-state index is 0.787. The van der Waals surface area contributed by atoms with Crippen LogP contribution in [0.15, 0.2) is 18.2 Å². The number of hydrogen-bond donors (Lipinski definition) is 1. The second-order valence-electron chi connectivity index (χ2n) is 4.87. The number of nitrogens with one attached hydrogen (secondary N) is 1. The summed E-state index contributed by atoms with van der Waals surface area (Å²) in [6.07, 6.45) is 0. The van der Waals surface area contributed by atoms with Gasteiger partial charge in [0.15, 0.2) is 5.75 Å². The van der Waals surface area contributed by atoms with Crippen molar-refractivity contribution in [1.82, 2.24) is 15.1 Å². The Kier molecular flexibility index (Phi) is 3.90. The Labute approximate surface area is 114 Å². The van der Waals surface area contributed by atoms with E-state index >= 15 is 0 Å². The van der Waals surface area contributed by atoms with Crippen LogP contribution in [0.5, 0.6) is 11.5 Å². The highest BCUT2D eigenvalue weighted by molar-refractivity contribution is 5.42. The maximum absolute atomic E-state index is 6.08. The van der Waals surface area contributed by atoms with Crippen LogP contribution in [-0.2, 0) is 13.6 Å². The minimum Gasteiger partial charge on any atom is -0.453 e. The second kappa shape index (κ2) is 5.45. The molecule has 102 valence electrons. The van der Waals surface area contributed by atoms with Gasteiger partial charge in [0.25, 0.3) is 0 Å². The van der Waals surface area contributed by atoms with Gasteiger partial charge in [-0.15, -0.1) is 0 Å². The van der Waals surface area contributed by atoms with Crippen molar-refractivity contribution in [1.29, 1.82) is 0 Å². The second-order valence-corrected chi connectivity index (χ2v) is 4.87. The molecular weight excluding hydrogens is 238 g/mol. The van der Waals surface area contributed by atoms with E-state index in [-0.39, 0.29) is 0 Å². The van der Waals surface area contributed by atoms with Crippen LogP contribution in [-0.4, -0.2) is 16.8 Å². The van der Waals surface area contributed by atoms with Gasteiger partial charge in [-0.3, -0.25) is 4.68 Å². The molecule has 0 amide bonds. The Morgan fingerprint density at radius 3 is 2.58 bits per heavy atom. The molecule has 1 N–H and O–H groups in total. The van der Waals surface area contributed by atoms with Crippen molar-refractivity contribution in [3.05, 3.63) is 40.7 Å². The molecule has 0 fully saturated rings. The van der Waals surface area contributed by atoms with Gasteiger partial charge in [0.2, 0.25) is 0 Å². The van der Waals surface area contributed by atoms with Crippen molar-refractivity contribution >= 4 is 0 Å². The smallest absolute Gasteiger partial charge is 0.171 e. The summed E-state index contributed by atoms with van der Waals surface area (Å²) in [7, 11) is 3.87. The van der Waals surface area contributed by atoms with Crippen molar-refractivity contribution in [3.63, 3.8) is 0 Å². The lowest BCUT2D eigenvalue weighted by Gasteiger charge is -2.12. The summed E-state index contributed by atoms with van der Waals surface area (Å²) in [5.41, 5.74) is 4.34. The van der Waals surface area contributed by atoms with Gasteiger partial charge in [0, 0.05) is 19.2 Å². The summed E-state index contributed by atoms with van der Waals surface area (Å²) in [6.45, 7) is 6.86. The number of aromatic nitrogens is 2. The molecule has 0 aliphatic rings. The van der Waals surface area contributed by atoms with Crippen LogP contribution in [0, 0.1) is 20.8 Å². The Hall–Kier alpha value is -1.81. The van der Waals surface area contributed by atoms with Gasteiger partial charge in [-0.2, -0.15) is 5.10 Å². The quantitative estimate of drug-likeness (QED) is 0.917. The summed E-state index contributed by atoms with van der Waals surface area (Å²) >= 11 is 0. The predicted octanol–water partition coefficient (Wildman–Crippen LogP) is 2.86. The Morgan fingerprint density at radius 1 is 1.26 bits per heavy atom. The van der Waals surface area contributed by atoms with Crippen LogP contribution in [0.1, 0.15) is 22.5 Å². The highest BCUT2D eigenvalue weighted by atomic mass is 16.5. The topological polar surface area (TPSA) is 39.1 Å². The van der Waals surface area contributed by atoms with Gasteiger partial charge in [-0.05, 0) is 33.9 Å². The lowest BCUT2D eigenvalue weighted by atomic mass is 10.1. The molecule has 0 aliphatic carbocycles. The minimum absolute atomic E-state index is 0.787. The molecule has 4 nitrogen and oxygen atoms in total. The third kappa shape index (κ3) is 2.79. The number of benzene rings is 1. The summed E-state index contributed by atoms with van der Waals surface area (Å²) in [6, 6.07) is 6.23. The monoisotopic (exact) mass is 259 g/mol. The summed E-state index contributed by atoms with van der Waals surface area (Å²) in [5.74, 6) is 1.74. The zero-order chi connectivity index (χ0) is 14.0. The van der Waals surface area contributed by atoms with Crippen LogP contribution in [0.25, 0.3) is 0 Å². The number of ether oxygens (including phenoxy) is 1. The normalized spacial score (nSPS) is 10.8. The molecular formula is C15H21N3O. The largest absolute Gasteiger partial charge is 0.453 e. The van der Waals surface area contributed by atoms with E-state index in [1.54, 1.807) is 0 Å². The molecule has 0 bridgehead atoms. The molecule has 0 saturated heterocycles. The molecule has 2 rings (SSSR count). The lowest BCUT2D eigenvalue weighted by Crippen LogP contribution is -2.07. The molecule has 0 atom stereocenters. The highest BCUT2D eigenvalue weighted by Crippen LogP contribution is 2.30. The fraction of sp³-hybridized carbons (Fsp3) is 0.400. The fourth-order valence-electron chi connectivity index (χ4n) is 2.15. The number of rotatable bonds is 4. The van der Waals surface area contributed by atoms with E-state index in [2.05, 4.69) is 29.5 Å². The SMILES string of the molecule is CNCc1cc(C)ccc1Oc1c(C)nn(C)c1C. The van der Waals surface area contributed by atoms with E-state index in [4.69, 9.17) is 4.74 Å². The van der Waals surface area contributed by atoms with Crippen molar-refractivity contribution in [3.8, 4) is 11.5 Å². The van der Waals surface area contributed by atoms with Gasteiger partial charge in [-0.1, -0.05) is 17.7 Å². The Balaban J connectivity index is 2.37. The Bertz CT molecular complexity index is 587. The molecule has 0 radical (unpaired) electrons. The molecule has 4 heteroatoms. The zero-order valence-electron chi connectivity index (χ0n) is 12.2. The highest BCUT2D eigenvalue weighted by Gasteiger charge is 2.13. The number of nitrogens with zero attached hydrogens (tertiary/aromatic N) is 2. The third-order valence-electron chi connectivity index (χ3n) is 3.24. The van der Waals surface area contributed by atoms with Gasteiger partial charge >= 0.3 is 0 Å². The molecule has 1 heterocycles. The maximum atomic E-state index is 6.08. The average molecular weight is 259 g/mol. The first-order chi connectivity index (χ1) is 9.02. The van der Waals surface area contributed by atoms with Crippen LogP contribution < -0.4 is 10.1 Å². The third-order valence-corrected chi connectivity index (χ3v) is 3.24. The molecule has 1 aromatic heterocycles. The van der Waals surface area contributed by atoms with Crippen molar-refractivity contribution in [2.75, 3.05) is 7.05 Å². The molecule has 2 aromatic rings. The van der Waals surface area contributed by atoms with E-state index in [9.17, 15) is 0 Å². The van der Waals surface area contributed by atoms with Crippen LogP contribution in [0.2, 0.25) is 0 Å². The zero-order valence-corrected chi connectivity index (χ0v) is 12.2. The molecule has 0 spiro atoms. The van der Waals surface area contributed by atoms with Crippen LogP contribution >= 0.6 is 0 Å². The van der Waals surface area contributed by atoms with Gasteiger partial charge in [0.05, 0.1) is 5.69 Å². The molecule has 0 aliphatic heterocycles. The Morgan fingerprint density at radius 2 is 2.00 bits per heavy atom. The first kappa shape index (κ1) is 13.6. The van der Waals surface area contributed by atoms with E-state index in [1.807, 2.05) is 38.7 Å². The van der Waals surface area contributed by atoms with Gasteiger partial charge in [0.1, 0.15) is 11.4 Å². The van der Waals surface area contributed by atoms with E-state index in [0.717, 1.165) is 35.0 Å². The number of aryl methyl sites for hydroxylation is 3. The molecule has 1 aromatic carbocycles. The van der Waals surface area contributed by atoms with Crippen molar-refractivity contribution < 1.29 is 4.74 Å². The first-order valence-electron chi connectivity index (χ1n) is 6.45. The van der Waals surface area contributed by atoms with Crippen LogP contribution in [0.4, 0.5) is 0 Å². The maximum Gasteiger partial charge on any atom is 0.171 e. The summed E-state index contributed by atoms with van der Waals surface area (Å²) in [5, 5.41) is 7.55. The first-order valence-corrected chi connectivity index (χ1v) is 6.45. The van der Waals surface area contributed by atoms with E-state index < -0.39 is 0 Å². The predicted molar refractivity (Wildman–Crippen MR) is 76.7 cm³/mol. The fourth-order valence-corrected chi connectivity index (χ4v) is 2.15. The number of hydrogen-bond acceptors (Lipinski definition) is 3. The van der Waals surface area contributed by atoms with E-state index in [1.165, 1.54) is 5.56 Å². The van der Waals surface area contributed by atoms with Crippen molar-refractivity contribution in [2.45, 2.75) is 27.3 Å². The standard InChI is InChI=1S/C15H21N3O/c1-10-6-7-14(13(8-10)9-16-4)19-15-11(2)17-18(5)12(15)3/h6-8,16H,9H2,1-5H3.